The van der Waals surface area contributed by atoms with Crippen molar-refractivity contribution >= 4 is 32.7 Å². The van der Waals surface area contributed by atoms with E-state index >= 15 is 0 Å². The van der Waals surface area contributed by atoms with Gasteiger partial charge in [0.2, 0.25) is 5.90 Å². The lowest BCUT2D eigenvalue weighted by Gasteiger charge is -2.31. The van der Waals surface area contributed by atoms with Crippen molar-refractivity contribution in [2.45, 2.75) is 5.92 Å². The van der Waals surface area contributed by atoms with E-state index < -0.39 is 11.8 Å². The fourth-order valence-corrected chi connectivity index (χ4v) is 4.23. The van der Waals surface area contributed by atoms with Crippen molar-refractivity contribution < 1.29 is 14.2 Å². The molecule has 28 heavy (non-hydrogen) atoms. The van der Waals surface area contributed by atoms with Gasteiger partial charge >= 0.3 is 0 Å². The number of hydrogen-bond acceptors (Lipinski definition) is 6. The van der Waals surface area contributed by atoms with Crippen LogP contribution in [0.3, 0.4) is 0 Å². The minimum atomic E-state index is -0.765. The summed E-state index contributed by atoms with van der Waals surface area (Å²) < 4.78 is 17.3. The Labute approximate surface area is 170 Å². The Bertz CT molecular complexity index is 1140. The van der Waals surface area contributed by atoms with Gasteiger partial charge < -0.3 is 14.2 Å². The average Bonchev–Trinajstić information content (AvgIpc) is 2.72. The smallest absolute Gasteiger partial charge is 0.205 e. The second-order valence-corrected chi connectivity index (χ2v) is 7.20. The molecule has 0 aliphatic carbocycles. The van der Waals surface area contributed by atoms with E-state index in [0.717, 1.165) is 16.5 Å². The zero-order valence-electron chi connectivity index (χ0n) is 15.2. The summed E-state index contributed by atoms with van der Waals surface area (Å²) >= 11 is 3.52. The number of methoxy groups -OCH3 is 2. The first-order valence-corrected chi connectivity index (χ1v) is 9.33. The van der Waals surface area contributed by atoms with Crippen molar-refractivity contribution in [3.05, 3.63) is 58.2 Å². The molecule has 0 fully saturated rings. The first-order valence-electron chi connectivity index (χ1n) is 8.54. The Hall–Kier alpha value is -3.11. The van der Waals surface area contributed by atoms with Gasteiger partial charge in [-0.05, 0) is 39.7 Å². The van der Waals surface area contributed by atoms with E-state index in [2.05, 4.69) is 27.0 Å². The lowest BCUT2D eigenvalue weighted by molar-refractivity contribution is 0.352. The van der Waals surface area contributed by atoms with Gasteiger partial charge in [0.25, 0.3) is 0 Å². The number of benzene rings is 2. The second kappa shape index (κ2) is 7.13. The molecule has 7 heteroatoms. The Morgan fingerprint density at radius 2 is 2.04 bits per heavy atom. The molecule has 1 N–H and O–H groups in total. The summed E-state index contributed by atoms with van der Waals surface area (Å²) in [6.07, 6.45) is 1.69. The van der Waals surface area contributed by atoms with Crippen LogP contribution in [0, 0.1) is 22.7 Å². The maximum absolute atomic E-state index is 9.77. The van der Waals surface area contributed by atoms with Crippen molar-refractivity contribution in [2.24, 2.45) is 5.92 Å². The van der Waals surface area contributed by atoms with Gasteiger partial charge in [0.05, 0.1) is 24.8 Å². The number of fused-ring (bicyclic) bond motifs is 3. The summed E-state index contributed by atoms with van der Waals surface area (Å²) in [5, 5.41) is 19.0. The van der Waals surface area contributed by atoms with Crippen LogP contribution >= 0.6 is 15.9 Å². The van der Waals surface area contributed by atoms with Crippen LogP contribution in [0.1, 0.15) is 17.0 Å². The fourth-order valence-electron chi connectivity index (χ4n) is 3.61. The van der Waals surface area contributed by atoms with Crippen molar-refractivity contribution in [3.63, 3.8) is 0 Å². The van der Waals surface area contributed by atoms with Crippen LogP contribution in [0.2, 0.25) is 0 Å². The zero-order chi connectivity index (χ0) is 19.8. The van der Waals surface area contributed by atoms with Crippen molar-refractivity contribution in [2.75, 3.05) is 14.2 Å². The van der Waals surface area contributed by atoms with Crippen LogP contribution in [0.25, 0.3) is 10.9 Å². The minimum Gasteiger partial charge on any atom is -0.493 e. The number of rotatable bonds is 3. The van der Waals surface area contributed by atoms with Crippen LogP contribution in [0.15, 0.2) is 47.1 Å². The molecule has 0 saturated heterocycles. The topological polar surface area (TPSA) is 88.2 Å². The highest BCUT2D eigenvalue weighted by molar-refractivity contribution is 9.10. The van der Waals surface area contributed by atoms with Crippen molar-refractivity contribution in [1.82, 2.24) is 4.98 Å². The maximum Gasteiger partial charge on any atom is 0.205 e. The predicted molar refractivity (Wildman–Crippen MR) is 108 cm³/mol. The SMILES string of the molecule is COc1cc(C2c3ccc4cccnc4c3OC(=N)C2C#N)cc(Br)c1OC. The van der Waals surface area contributed by atoms with E-state index in [4.69, 9.17) is 19.6 Å². The molecular formula is C21H16BrN3O3. The average molecular weight is 438 g/mol. The molecule has 140 valence electrons. The second-order valence-electron chi connectivity index (χ2n) is 6.35. The number of halogens is 1. The summed E-state index contributed by atoms with van der Waals surface area (Å²) in [6, 6.07) is 13.6. The van der Waals surface area contributed by atoms with Gasteiger partial charge in [0.15, 0.2) is 17.2 Å². The highest BCUT2D eigenvalue weighted by Crippen LogP contribution is 2.47. The third-order valence-corrected chi connectivity index (χ3v) is 5.46. The molecule has 1 aliphatic rings. The molecule has 3 aromatic rings. The van der Waals surface area contributed by atoms with E-state index in [9.17, 15) is 5.26 Å². The van der Waals surface area contributed by atoms with Gasteiger partial charge in [-0.1, -0.05) is 18.2 Å². The first-order chi connectivity index (χ1) is 13.6. The Balaban J connectivity index is 1.98. The maximum atomic E-state index is 9.77. The number of hydrogen-bond donors (Lipinski definition) is 1. The van der Waals surface area contributed by atoms with Crippen LogP contribution in [0.4, 0.5) is 0 Å². The lowest BCUT2D eigenvalue weighted by atomic mass is 9.78. The van der Waals surface area contributed by atoms with Crippen LogP contribution in [-0.2, 0) is 0 Å². The molecule has 0 radical (unpaired) electrons. The Morgan fingerprint density at radius 1 is 1.21 bits per heavy atom. The number of pyridine rings is 1. The third-order valence-electron chi connectivity index (χ3n) is 4.88. The number of ether oxygens (including phenoxy) is 3. The molecule has 0 bridgehead atoms. The Kier molecular flexibility index (Phi) is 4.65. The highest BCUT2D eigenvalue weighted by Gasteiger charge is 2.38. The van der Waals surface area contributed by atoms with Crippen LogP contribution in [0.5, 0.6) is 17.2 Å². The van der Waals surface area contributed by atoms with E-state index in [-0.39, 0.29) is 5.90 Å². The van der Waals surface area contributed by atoms with Gasteiger partial charge in [-0.3, -0.25) is 10.4 Å². The molecule has 1 aliphatic heterocycles. The molecule has 2 heterocycles. The molecular weight excluding hydrogens is 422 g/mol. The monoisotopic (exact) mass is 437 g/mol. The molecule has 6 nitrogen and oxygen atoms in total. The van der Waals surface area contributed by atoms with Crippen molar-refractivity contribution in [3.8, 4) is 23.3 Å². The normalized spacial score (nSPS) is 18.1. The summed E-state index contributed by atoms with van der Waals surface area (Å²) in [5.41, 5.74) is 2.30. The van der Waals surface area contributed by atoms with Gasteiger partial charge in [0, 0.05) is 23.1 Å². The largest absolute Gasteiger partial charge is 0.493 e. The number of aromatic nitrogens is 1. The van der Waals surface area contributed by atoms with Crippen LogP contribution in [-0.4, -0.2) is 25.1 Å². The van der Waals surface area contributed by atoms with Crippen molar-refractivity contribution in [1.29, 1.82) is 10.7 Å². The molecule has 0 amide bonds. The summed E-state index contributed by atoms with van der Waals surface area (Å²) in [7, 11) is 3.13. The molecule has 0 saturated carbocycles. The quantitative estimate of drug-likeness (QED) is 0.643. The number of nitrogens with one attached hydrogen (secondary N) is 1. The van der Waals surface area contributed by atoms with E-state index in [1.165, 1.54) is 0 Å². The Morgan fingerprint density at radius 3 is 2.75 bits per heavy atom. The molecule has 2 atom stereocenters. The van der Waals surface area contributed by atoms with E-state index in [0.29, 0.717) is 27.2 Å². The minimum absolute atomic E-state index is 0.0935. The predicted octanol–water partition coefficient (Wildman–Crippen LogP) is 4.66. The summed E-state index contributed by atoms with van der Waals surface area (Å²) in [5.74, 6) is 0.376. The molecule has 1 aromatic heterocycles. The summed E-state index contributed by atoms with van der Waals surface area (Å²) in [4.78, 5) is 4.43. The fraction of sp³-hybridized carbons (Fsp3) is 0.190. The van der Waals surface area contributed by atoms with Gasteiger partial charge in [-0.15, -0.1) is 0 Å². The summed E-state index contributed by atoms with van der Waals surface area (Å²) in [6.45, 7) is 0. The standard InChI is InChI=1S/C21H16BrN3O3/c1-26-16-9-12(8-15(22)20(16)27-2)17-13-6-5-11-4-3-7-25-18(11)19(13)28-21(24)14(17)10-23/h3-9,14,17,24H,1-2H3. The molecule has 2 aromatic carbocycles. The van der Waals surface area contributed by atoms with Gasteiger partial charge in [-0.25, -0.2) is 0 Å². The van der Waals surface area contributed by atoms with Gasteiger partial charge in [0.1, 0.15) is 11.4 Å². The van der Waals surface area contributed by atoms with Crippen LogP contribution < -0.4 is 14.2 Å². The van der Waals surface area contributed by atoms with E-state index in [1.54, 1.807) is 20.4 Å². The first kappa shape index (κ1) is 18.3. The lowest BCUT2D eigenvalue weighted by Crippen LogP contribution is -2.31. The molecule has 2 unspecified atom stereocenters. The van der Waals surface area contributed by atoms with Gasteiger partial charge in [-0.2, -0.15) is 5.26 Å². The highest BCUT2D eigenvalue weighted by atomic mass is 79.9. The number of nitriles is 1. The molecule has 0 spiro atoms. The van der Waals surface area contributed by atoms with E-state index in [1.807, 2.05) is 36.4 Å². The zero-order valence-corrected chi connectivity index (χ0v) is 16.8. The number of nitrogens with zero attached hydrogens (tertiary/aromatic N) is 2. The third kappa shape index (κ3) is 2.77. The molecule has 4 rings (SSSR count).